The Hall–Kier alpha value is -0.730. The predicted molar refractivity (Wildman–Crippen MR) is 74.1 cm³/mol. The minimum atomic E-state index is -0.229. The molecule has 0 spiro atoms. The summed E-state index contributed by atoms with van der Waals surface area (Å²) in [6.07, 6.45) is 6.61. The molecule has 1 fully saturated rings. The van der Waals surface area contributed by atoms with Crippen LogP contribution >= 0.6 is 11.6 Å². The van der Waals surface area contributed by atoms with Crippen LogP contribution in [0.3, 0.4) is 0 Å². The monoisotopic (exact) mass is 268 g/mol. The molecule has 1 unspecified atom stereocenters. The van der Waals surface area contributed by atoms with Gasteiger partial charge < -0.3 is 9.84 Å². The van der Waals surface area contributed by atoms with Gasteiger partial charge in [-0.05, 0) is 30.9 Å². The molecule has 1 atom stereocenters. The van der Waals surface area contributed by atoms with E-state index in [9.17, 15) is 5.11 Å². The molecule has 0 aromatic heterocycles. The highest BCUT2D eigenvalue weighted by Gasteiger charge is 2.21. The van der Waals surface area contributed by atoms with E-state index in [-0.39, 0.29) is 6.10 Å². The molecule has 2 rings (SSSR count). The zero-order valence-electron chi connectivity index (χ0n) is 10.6. The highest BCUT2D eigenvalue weighted by atomic mass is 35.5. The third-order valence-electron chi connectivity index (χ3n) is 3.70. The van der Waals surface area contributed by atoms with Crippen LogP contribution in [-0.4, -0.2) is 17.8 Å². The van der Waals surface area contributed by atoms with Gasteiger partial charge in [-0.15, -0.1) is 0 Å². The Bertz CT molecular complexity index is 361. The van der Waals surface area contributed by atoms with Crippen molar-refractivity contribution >= 4 is 11.6 Å². The fourth-order valence-corrected chi connectivity index (χ4v) is 2.80. The predicted octanol–water partition coefficient (Wildman–Crippen LogP) is 4.05. The number of aliphatic hydroxyl groups excluding tert-OH is 1. The van der Waals surface area contributed by atoms with Crippen LogP contribution in [0.15, 0.2) is 24.3 Å². The normalized spacial score (nSPS) is 18.6. The molecule has 1 aromatic rings. The van der Waals surface area contributed by atoms with Gasteiger partial charge in [0, 0.05) is 6.42 Å². The first kappa shape index (κ1) is 13.7. The van der Waals surface area contributed by atoms with Gasteiger partial charge in [-0.1, -0.05) is 43.0 Å². The fraction of sp³-hybridized carbons (Fsp3) is 0.600. The Kier molecular flexibility index (Phi) is 5.33. The maximum atomic E-state index is 10.1. The van der Waals surface area contributed by atoms with Crippen LogP contribution in [0.5, 0.6) is 5.75 Å². The molecule has 1 aromatic carbocycles. The van der Waals surface area contributed by atoms with Crippen LogP contribution in [0, 0.1) is 5.92 Å². The van der Waals surface area contributed by atoms with Crippen LogP contribution in [0.4, 0.5) is 0 Å². The summed E-state index contributed by atoms with van der Waals surface area (Å²) in [7, 11) is 0. The van der Waals surface area contributed by atoms with Gasteiger partial charge in [0.15, 0.2) is 0 Å². The molecule has 3 heteroatoms. The van der Waals surface area contributed by atoms with Gasteiger partial charge >= 0.3 is 0 Å². The number of ether oxygens (including phenoxy) is 1. The second-order valence-corrected chi connectivity index (χ2v) is 5.44. The van der Waals surface area contributed by atoms with Crippen molar-refractivity contribution in [3.8, 4) is 5.75 Å². The van der Waals surface area contributed by atoms with Crippen molar-refractivity contribution in [2.45, 2.75) is 44.6 Å². The Morgan fingerprint density at radius 1 is 1.22 bits per heavy atom. The molecule has 0 bridgehead atoms. The maximum Gasteiger partial charge on any atom is 0.137 e. The van der Waals surface area contributed by atoms with E-state index in [0.717, 1.165) is 12.8 Å². The lowest BCUT2D eigenvalue weighted by molar-refractivity contribution is 0.0641. The first-order chi connectivity index (χ1) is 8.77. The molecule has 18 heavy (non-hydrogen) atoms. The summed E-state index contributed by atoms with van der Waals surface area (Å²) in [4.78, 5) is 0. The summed E-state index contributed by atoms with van der Waals surface area (Å²) < 4.78 is 5.61. The van der Waals surface area contributed by atoms with Gasteiger partial charge in [-0.25, -0.2) is 0 Å². The molecule has 2 nitrogen and oxygen atoms in total. The van der Waals surface area contributed by atoms with Crippen LogP contribution in [0.2, 0.25) is 5.02 Å². The lowest BCUT2D eigenvalue weighted by atomic mass is 9.84. The largest absolute Gasteiger partial charge is 0.492 e. The molecule has 1 aliphatic carbocycles. The van der Waals surface area contributed by atoms with E-state index in [2.05, 4.69) is 0 Å². The van der Waals surface area contributed by atoms with Gasteiger partial charge in [0.1, 0.15) is 5.75 Å². The lowest BCUT2D eigenvalue weighted by Gasteiger charge is -2.26. The van der Waals surface area contributed by atoms with Gasteiger partial charge in [0.2, 0.25) is 0 Å². The minimum Gasteiger partial charge on any atom is -0.492 e. The first-order valence-corrected chi connectivity index (χ1v) is 7.20. The van der Waals surface area contributed by atoms with E-state index in [4.69, 9.17) is 16.3 Å². The zero-order chi connectivity index (χ0) is 12.8. The molecule has 1 saturated carbocycles. The second kappa shape index (κ2) is 7.01. The molecule has 0 heterocycles. The van der Waals surface area contributed by atoms with Gasteiger partial charge in [0.25, 0.3) is 0 Å². The highest BCUT2D eigenvalue weighted by Crippen LogP contribution is 2.28. The standard InChI is InChI=1S/C15H21ClO2/c16-13-8-4-5-9-15(13)18-11-10-14(17)12-6-2-1-3-7-12/h4-5,8-9,12,14,17H,1-3,6-7,10-11H2. The number of halogens is 1. The van der Waals surface area contributed by atoms with Crippen molar-refractivity contribution in [3.05, 3.63) is 29.3 Å². The first-order valence-electron chi connectivity index (χ1n) is 6.83. The van der Waals surface area contributed by atoms with E-state index in [1.807, 2.05) is 24.3 Å². The highest BCUT2D eigenvalue weighted by molar-refractivity contribution is 6.32. The van der Waals surface area contributed by atoms with Crippen LogP contribution in [0.1, 0.15) is 38.5 Å². The number of hydrogen-bond donors (Lipinski definition) is 1. The zero-order valence-corrected chi connectivity index (χ0v) is 11.4. The third kappa shape index (κ3) is 3.89. The van der Waals surface area contributed by atoms with E-state index in [0.29, 0.717) is 29.7 Å². The summed E-state index contributed by atoms with van der Waals surface area (Å²) in [5.74, 6) is 1.17. The van der Waals surface area contributed by atoms with E-state index < -0.39 is 0 Å². The number of benzene rings is 1. The molecule has 0 saturated heterocycles. The lowest BCUT2D eigenvalue weighted by Crippen LogP contribution is -2.24. The topological polar surface area (TPSA) is 29.5 Å². The Labute approximate surface area is 114 Å². The van der Waals surface area contributed by atoms with Gasteiger partial charge in [-0.2, -0.15) is 0 Å². The van der Waals surface area contributed by atoms with Crippen molar-refractivity contribution in [1.82, 2.24) is 0 Å². The van der Waals surface area contributed by atoms with Crippen molar-refractivity contribution in [2.24, 2.45) is 5.92 Å². The van der Waals surface area contributed by atoms with E-state index in [1.165, 1.54) is 19.3 Å². The van der Waals surface area contributed by atoms with Crippen molar-refractivity contribution in [2.75, 3.05) is 6.61 Å². The van der Waals surface area contributed by atoms with E-state index >= 15 is 0 Å². The minimum absolute atomic E-state index is 0.229. The number of hydrogen-bond acceptors (Lipinski definition) is 2. The second-order valence-electron chi connectivity index (χ2n) is 5.03. The molecule has 0 radical (unpaired) electrons. The van der Waals surface area contributed by atoms with Gasteiger partial charge in [-0.3, -0.25) is 0 Å². The van der Waals surface area contributed by atoms with E-state index in [1.54, 1.807) is 0 Å². The van der Waals surface area contributed by atoms with Crippen molar-refractivity contribution in [1.29, 1.82) is 0 Å². The van der Waals surface area contributed by atoms with Crippen LogP contribution in [-0.2, 0) is 0 Å². The third-order valence-corrected chi connectivity index (χ3v) is 4.01. The molecule has 1 aliphatic rings. The van der Waals surface area contributed by atoms with Crippen LogP contribution < -0.4 is 4.74 Å². The molecule has 1 N–H and O–H groups in total. The summed E-state index contributed by atoms with van der Waals surface area (Å²) in [5.41, 5.74) is 0. The van der Waals surface area contributed by atoms with Crippen molar-refractivity contribution in [3.63, 3.8) is 0 Å². The van der Waals surface area contributed by atoms with Gasteiger partial charge in [0.05, 0.1) is 17.7 Å². The van der Waals surface area contributed by atoms with Crippen LogP contribution in [0.25, 0.3) is 0 Å². The maximum absolute atomic E-state index is 10.1. The molecular weight excluding hydrogens is 248 g/mol. The Morgan fingerprint density at radius 3 is 2.67 bits per heavy atom. The van der Waals surface area contributed by atoms with Crippen molar-refractivity contribution < 1.29 is 9.84 Å². The summed E-state index contributed by atoms with van der Waals surface area (Å²) in [5, 5.41) is 10.7. The molecular formula is C15H21ClO2. The Balaban J connectivity index is 1.73. The number of aliphatic hydroxyl groups is 1. The molecule has 100 valence electrons. The number of rotatable bonds is 5. The average molecular weight is 269 g/mol. The molecule has 0 amide bonds. The smallest absolute Gasteiger partial charge is 0.137 e. The Morgan fingerprint density at radius 2 is 1.94 bits per heavy atom. The summed E-state index contributed by atoms with van der Waals surface area (Å²) >= 11 is 6.00. The number of para-hydroxylation sites is 1. The quantitative estimate of drug-likeness (QED) is 0.873. The molecule has 0 aliphatic heterocycles. The summed E-state index contributed by atoms with van der Waals surface area (Å²) in [6, 6.07) is 7.45. The SMILES string of the molecule is OC(CCOc1ccccc1Cl)C1CCCCC1. The average Bonchev–Trinajstić information content (AvgIpc) is 2.42. The summed E-state index contributed by atoms with van der Waals surface area (Å²) in [6.45, 7) is 0.529. The fourth-order valence-electron chi connectivity index (χ4n) is 2.61.